The number of nitrogens with one attached hydrogen (secondary N) is 1. The van der Waals surface area contributed by atoms with Crippen molar-refractivity contribution in [1.29, 1.82) is 0 Å². The zero-order chi connectivity index (χ0) is 11.8. The minimum atomic E-state index is -3.20. The van der Waals surface area contributed by atoms with Crippen molar-refractivity contribution >= 4 is 10.0 Å². The molecule has 0 fully saturated rings. The van der Waals surface area contributed by atoms with Crippen molar-refractivity contribution in [2.75, 3.05) is 6.26 Å². The van der Waals surface area contributed by atoms with Crippen LogP contribution in [-0.2, 0) is 29.4 Å². The molecule has 16 heavy (non-hydrogen) atoms. The van der Waals surface area contributed by atoms with Gasteiger partial charge in [0, 0.05) is 18.0 Å². The van der Waals surface area contributed by atoms with Crippen LogP contribution >= 0.6 is 0 Å². The predicted octanol–water partition coefficient (Wildman–Crippen LogP) is -0.460. The van der Waals surface area contributed by atoms with E-state index < -0.39 is 10.0 Å². The third-order valence-corrected chi connectivity index (χ3v) is 3.33. The summed E-state index contributed by atoms with van der Waals surface area (Å²) in [6.45, 7) is 0.171. The van der Waals surface area contributed by atoms with Crippen LogP contribution in [0.4, 0.5) is 0 Å². The minimum absolute atomic E-state index is 0.115. The quantitative estimate of drug-likeness (QED) is 0.751. The van der Waals surface area contributed by atoms with E-state index in [0.29, 0.717) is 12.1 Å². The summed E-state index contributed by atoms with van der Waals surface area (Å²) in [7, 11) is -3.20. The van der Waals surface area contributed by atoms with Crippen molar-refractivity contribution in [2.45, 2.75) is 31.8 Å². The normalized spacial score (nSPS) is 20.8. The van der Waals surface area contributed by atoms with Gasteiger partial charge in [0.25, 0.3) is 0 Å². The van der Waals surface area contributed by atoms with E-state index in [2.05, 4.69) is 9.88 Å². The first-order valence-corrected chi connectivity index (χ1v) is 7.01. The number of nitrogens with zero attached hydrogens (tertiary/aromatic N) is 1. The van der Waals surface area contributed by atoms with Crippen LogP contribution in [0.5, 0.6) is 0 Å². The van der Waals surface area contributed by atoms with Crippen LogP contribution in [0, 0.1) is 0 Å². The first kappa shape index (κ1) is 11.6. The second kappa shape index (κ2) is 4.15. The molecule has 7 heteroatoms. The summed E-state index contributed by atoms with van der Waals surface area (Å²) in [4.78, 5) is 0. The van der Waals surface area contributed by atoms with E-state index in [1.54, 1.807) is 0 Å². The largest absolute Gasteiger partial charge is 0.361 e. The van der Waals surface area contributed by atoms with Crippen molar-refractivity contribution in [3.63, 3.8) is 0 Å². The van der Waals surface area contributed by atoms with Crippen LogP contribution in [0.2, 0.25) is 0 Å². The van der Waals surface area contributed by atoms with E-state index in [1.165, 1.54) is 0 Å². The second-order valence-corrected chi connectivity index (χ2v) is 5.96. The number of aromatic nitrogens is 1. The fourth-order valence-electron chi connectivity index (χ4n) is 1.83. The van der Waals surface area contributed by atoms with E-state index in [4.69, 9.17) is 10.3 Å². The Hall–Kier alpha value is -0.920. The highest BCUT2D eigenvalue weighted by Crippen LogP contribution is 2.23. The van der Waals surface area contributed by atoms with E-state index in [-0.39, 0.29) is 12.6 Å². The summed E-state index contributed by atoms with van der Waals surface area (Å²) < 4.78 is 29.5. The molecule has 0 aromatic carbocycles. The highest BCUT2D eigenvalue weighted by molar-refractivity contribution is 7.88. The van der Waals surface area contributed by atoms with Gasteiger partial charge in [0.05, 0.1) is 12.8 Å². The molecule has 0 saturated carbocycles. The number of hydrogen-bond acceptors (Lipinski definition) is 5. The molecule has 0 bridgehead atoms. The maximum atomic E-state index is 11.0. The Morgan fingerprint density at radius 2 is 2.38 bits per heavy atom. The Kier molecular flexibility index (Phi) is 3.00. The molecule has 1 aromatic rings. The molecule has 0 radical (unpaired) electrons. The van der Waals surface area contributed by atoms with Crippen molar-refractivity contribution in [3.8, 4) is 0 Å². The van der Waals surface area contributed by atoms with Gasteiger partial charge < -0.3 is 10.3 Å². The second-order valence-electron chi connectivity index (χ2n) is 4.13. The van der Waals surface area contributed by atoms with Gasteiger partial charge in [-0.05, 0) is 12.8 Å². The van der Waals surface area contributed by atoms with Gasteiger partial charge >= 0.3 is 0 Å². The van der Waals surface area contributed by atoms with E-state index in [1.807, 2.05) is 0 Å². The van der Waals surface area contributed by atoms with Crippen LogP contribution in [0.1, 0.15) is 23.4 Å². The average Bonchev–Trinajstić information content (AvgIpc) is 2.56. The molecule has 1 unspecified atom stereocenters. The highest BCUT2D eigenvalue weighted by Gasteiger charge is 2.23. The van der Waals surface area contributed by atoms with Gasteiger partial charge in [0.15, 0.2) is 0 Å². The zero-order valence-electron chi connectivity index (χ0n) is 9.06. The van der Waals surface area contributed by atoms with E-state index in [9.17, 15) is 8.42 Å². The smallest absolute Gasteiger partial charge is 0.209 e. The summed E-state index contributed by atoms with van der Waals surface area (Å²) in [5.74, 6) is 0.840. The maximum absolute atomic E-state index is 11.0. The fraction of sp³-hybridized carbons (Fsp3) is 0.667. The van der Waals surface area contributed by atoms with E-state index in [0.717, 1.165) is 30.4 Å². The SMILES string of the molecule is CS(=O)(=O)NCc1noc2c1CC(N)CC2. The lowest BCUT2D eigenvalue weighted by atomic mass is 9.93. The summed E-state index contributed by atoms with van der Waals surface area (Å²) in [5.41, 5.74) is 7.47. The monoisotopic (exact) mass is 245 g/mol. The molecule has 2 rings (SSSR count). The summed E-state index contributed by atoms with van der Waals surface area (Å²) >= 11 is 0. The topological polar surface area (TPSA) is 98.2 Å². The molecular weight excluding hydrogens is 230 g/mol. The fourth-order valence-corrected chi connectivity index (χ4v) is 2.23. The summed E-state index contributed by atoms with van der Waals surface area (Å²) in [6, 6.07) is 0.115. The predicted molar refractivity (Wildman–Crippen MR) is 58.2 cm³/mol. The van der Waals surface area contributed by atoms with Crippen molar-refractivity contribution in [1.82, 2.24) is 9.88 Å². The van der Waals surface area contributed by atoms with Gasteiger partial charge in [0.2, 0.25) is 10.0 Å². The Balaban J connectivity index is 2.14. The Morgan fingerprint density at radius 1 is 1.62 bits per heavy atom. The third kappa shape index (κ3) is 2.60. The molecule has 90 valence electrons. The molecule has 3 N–H and O–H groups in total. The summed E-state index contributed by atoms with van der Waals surface area (Å²) in [6.07, 6.45) is 3.49. The number of nitrogens with two attached hydrogens (primary N) is 1. The van der Waals surface area contributed by atoms with Gasteiger partial charge in [-0.2, -0.15) is 0 Å². The lowest BCUT2D eigenvalue weighted by molar-refractivity contribution is 0.362. The molecule has 6 nitrogen and oxygen atoms in total. The molecule has 1 aromatic heterocycles. The van der Waals surface area contributed by atoms with Gasteiger partial charge in [-0.3, -0.25) is 0 Å². The molecular formula is C9H15N3O3S. The Morgan fingerprint density at radius 3 is 3.06 bits per heavy atom. The van der Waals surface area contributed by atoms with E-state index >= 15 is 0 Å². The van der Waals surface area contributed by atoms with Gasteiger partial charge in [-0.1, -0.05) is 5.16 Å². The Bertz CT molecular complexity index is 480. The molecule has 0 saturated heterocycles. The lowest BCUT2D eigenvalue weighted by Crippen LogP contribution is -2.28. The van der Waals surface area contributed by atoms with Crippen molar-refractivity contribution in [3.05, 3.63) is 17.0 Å². The number of fused-ring (bicyclic) bond motifs is 1. The zero-order valence-corrected chi connectivity index (χ0v) is 9.88. The maximum Gasteiger partial charge on any atom is 0.209 e. The molecule has 1 aliphatic rings. The molecule has 0 amide bonds. The van der Waals surface area contributed by atoms with Crippen LogP contribution in [0.15, 0.2) is 4.52 Å². The number of aryl methyl sites for hydroxylation is 1. The standard InChI is InChI=1S/C9H15N3O3S/c1-16(13,14)11-5-8-7-4-6(10)2-3-9(7)15-12-8/h6,11H,2-5,10H2,1H3. The van der Waals surface area contributed by atoms with Crippen LogP contribution < -0.4 is 10.5 Å². The Labute approximate surface area is 94.2 Å². The third-order valence-electron chi connectivity index (χ3n) is 2.66. The van der Waals surface area contributed by atoms with Gasteiger partial charge in [-0.25, -0.2) is 13.1 Å². The highest BCUT2D eigenvalue weighted by atomic mass is 32.2. The van der Waals surface area contributed by atoms with Gasteiger partial charge in [0.1, 0.15) is 11.5 Å². The van der Waals surface area contributed by atoms with Crippen molar-refractivity contribution < 1.29 is 12.9 Å². The molecule has 1 atom stereocenters. The molecule has 1 aliphatic carbocycles. The van der Waals surface area contributed by atoms with Crippen LogP contribution in [-0.4, -0.2) is 25.9 Å². The number of rotatable bonds is 3. The first-order chi connectivity index (χ1) is 7.46. The average molecular weight is 245 g/mol. The molecule has 0 spiro atoms. The van der Waals surface area contributed by atoms with Crippen molar-refractivity contribution in [2.24, 2.45) is 5.73 Å². The number of sulfonamides is 1. The molecule has 1 heterocycles. The first-order valence-electron chi connectivity index (χ1n) is 5.12. The summed E-state index contributed by atoms with van der Waals surface area (Å²) in [5, 5.41) is 3.88. The van der Waals surface area contributed by atoms with Crippen LogP contribution in [0.3, 0.4) is 0 Å². The lowest BCUT2D eigenvalue weighted by Gasteiger charge is -2.16. The van der Waals surface area contributed by atoms with Crippen LogP contribution in [0.25, 0.3) is 0 Å². The molecule has 0 aliphatic heterocycles. The van der Waals surface area contributed by atoms with Gasteiger partial charge in [-0.15, -0.1) is 0 Å². The minimum Gasteiger partial charge on any atom is -0.361 e. The number of hydrogen-bond donors (Lipinski definition) is 2.